The molecule has 0 fully saturated rings. The Morgan fingerprint density at radius 1 is 1.21 bits per heavy atom. The average Bonchev–Trinajstić information content (AvgIpc) is 2.19. The summed E-state index contributed by atoms with van der Waals surface area (Å²) in [5, 5.41) is -0.309. The molecule has 74 valence electrons. The molecule has 1 aromatic rings. The van der Waals surface area contributed by atoms with Gasteiger partial charge in [-0.2, -0.15) is 0 Å². The highest BCUT2D eigenvalue weighted by Crippen LogP contribution is 2.17. The first kappa shape index (κ1) is 11.0. The van der Waals surface area contributed by atoms with Gasteiger partial charge >= 0.3 is 0 Å². The normalized spacial score (nSPS) is 12.1. The van der Waals surface area contributed by atoms with Gasteiger partial charge in [-0.1, -0.05) is 42.1 Å². The number of benzene rings is 1. The summed E-state index contributed by atoms with van der Waals surface area (Å²) < 4.78 is 0. The lowest BCUT2D eigenvalue weighted by Gasteiger charge is -2.05. The van der Waals surface area contributed by atoms with E-state index >= 15 is 0 Å². The van der Waals surface area contributed by atoms with E-state index in [1.165, 1.54) is 6.92 Å². The fourth-order valence-corrected chi connectivity index (χ4v) is 1.65. The van der Waals surface area contributed by atoms with Crippen LogP contribution in [0.4, 0.5) is 0 Å². The van der Waals surface area contributed by atoms with E-state index in [-0.39, 0.29) is 16.1 Å². The van der Waals surface area contributed by atoms with Crippen LogP contribution in [0.2, 0.25) is 0 Å². The van der Waals surface area contributed by atoms with Crippen molar-refractivity contribution in [3.63, 3.8) is 0 Å². The number of ketones is 1. The third kappa shape index (κ3) is 3.00. The molecular formula is C11H12O2S. The van der Waals surface area contributed by atoms with Crippen molar-refractivity contribution in [2.75, 3.05) is 0 Å². The summed E-state index contributed by atoms with van der Waals surface area (Å²) in [4.78, 5) is 22.5. The van der Waals surface area contributed by atoms with Crippen molar-refractivity contribution in [1.29, 1.82) is 0 Å². The van der Waals surface area contributed by atoms with Gasteiger partial charge in [0.1, 0.15) is 5.78 Å². The van der Waals surface area contributed by atoms with Gasteiger partial charge in [0.05, 0.1) is 5.25 Å². The van der Waals surface area contributed by atoms with E-state index < -0.39 is 0 Å². The summed E-state index contributed by atoms with van der Waals surface area (Å²) in [7, 11) is 0. The first-order chi connectivity index (χ1) is 6.61. The van der Waals surface area contributed by atoms with Crippen molar-refractivity contribution in [2.24, 2.45) is 0 Å². The summed E-state index contributed by atoms with van der Waals surface area (Å²) in [6.07, 6.45) is 0. The summed E-state index contributed by atoms with van der Waals surface area (Å²) in [6, 6.07) is 8.98. The minimum Gasteiger partial charge on any atom is -0.299 e. The van der Waals surface area contributed by atoms with E-state index in [0.29, 0.717) is 5.56 Å². The highest BCUT2D eigenvalue weighted by atomic mass is 32.2. The van der Waals surface area contributed by atoms with Crippen molar-refractivity contribution in [2.45, 2.75) is 19.1 Å². The van der Waals surface area contributed by atoms with Crippen molar-refractivity contribution >= 4 is 22.7 Å². The number of hydrogen-bond donors (Lipinski definition) is 0. The lowest BCUT2D eigenvalue weighted by molar-refractivity contribution is -0.116. The van der Waals surface area contributed by atoms with Crippen LogP contribution in [0.5, 0.6) is 0 Å². The van der Waals surface area contributed by atoms with E-state index in [0.717, 1.165) is 11.8 Å². The Labute approximate surface area is 87.7 Å². The van der Waals surface area contributed by atoms with Crippen LogP contribution in [0, 0.1) is 0 Å². The topological polar surface area (TPSA) is 34.1 Å². The SMILES string of the molecule is CC(=O)C(C)SC(=O)c1ccccc1. The van der Waals surface area contributed by atoms with Crippen molar-refractivity contribution < 1.29 is 9.59 Å². The molecule has 1 atom stereocenters. The molecule has 2 nitrogen and oxygen atoms in total. The minimum atomic E-state index is -0.261. The quantitative estimate of drug-likeness (QED) is 0.765. The first-order valence-corrected chi connectivity index (χ1v) is 5.25. The summed E-state index contributed by atoms with van der Waals surface area (Å²) in [6.45, 7) is 3.24. The molecule has 0 aliphatic carbocycles. The Hall–Kier alpha value is -1.09. The zero-order valence-electron chi connectivity index (χ0n) is 8.19. The number of thioether (sulfide) groups is 1. The average molecular weight is 208 g/mol. The van der Waals surface area contributed by atoms with Crippen molar-refractivity contribution in [1.82, 2.24) is 0 Å². The fraction of sp³-hybridized carbons (Fsp3) is 0.273. The van der Waals surface area contributed by atoms with Crippen LogP contribution < -0.4 is 0 Å². The molecule has 1 rings (SSSR count). The summed E-state index contributed by atoms with van der Waals surface area (Å²) in [5.74, 6) is 0.0271. The van der Waals surface area contributed by atoms with Gasteiger partial charge in [0.25, 0.3) is 0 Å². The molecule has 1 unspecified atom stereocenters. The molecule has 0 bridgehead atoms. The Morgan fingerprint density at radius 3 is 2.29 bits per heavy atom. The Kier molecular flexibility index (Phi) is 3.89. The van der Waals surface area contributed by atoms with E-state index in [2.05, 4.69) is 0 Å². The predicted octanol–water partition coefficient (Wildman–Crippen LogP) is 2.54. The number of carbonyl (C=O) groups is 2. The van der Waals surface area contributed by atoms with E-state index in [1.54, 1.807) is 19.1 Å². The van der Waals surface area contributed by atoms with E-state index in [9.17, 15) is 9.59 Å². The maximum absolute atomic E-state index is 11.6. The second-order valence-electron chi connectivity index (χ2n) is 3.02. The Morgan fingerprint density at radius 2 is 1.79 bits per heavy atom. The van der Waals surface area contributed by atoms with Crippen LogP contribution in [0.1, 0.15) is 24.2 Å². The molecule has 0 aromatic heterocycles. The van der Waals surface area contributed by atoms with Gasteiger partial charge in [0, 0.05) is 5.56 Å². The molecule has 0 aliphatic rings. The molecule has 0 aliphatic heterocycles. The van der Waals surface area contributed by atoms with Gasteiger partial charge in [-0.05, 0) is 13.8 Å². The number of carbonyl (C=O) groups excluding carboxylic acids is 2. The van der Waals surface area contributed by atoms with Gasteiger partial charge in [-0.3, -0.25) is 9.59 Å². The highest BCUT2D eigenvalue weighted by Gasteiger charge is 2.14. The van der Waals surface area contributed by atoms with Gasteiger partial charge in [-0.15, -0.1) is 0 Å². The maximum Gasteiger partial charge on any atom is 0.220 e. The predicted molar refractivity (Wildman–Crippen MR) is 58.5 cm³/mol. The van der Waals surface area contributed by atoms with Crippen LogP contribution in [0.25, 0.3) is 0 Å². The zero-order valence-corrected chi connectivity index (χ0v) is 9.01. The fourth-order valence-electron chi connectivity index (χ4n) is 0.886. The van der Waals surface area contributed by atoms with E-state index in [1.807, 2.05) is 18.2 Å². The third-order valence-electron chi connectivity index (χ3n) is 1.87. The molecular weight excluding hydrogens is 196 g/mol. The summed E-state index contributed by atoms with van der Waals surface area (Å²) in [5.41, 5.74) is 0.644. The largest absolute Gasteiger partial charge is 0.299 e. The molecule has 0 saturated heterocycles. The van der Waals surface area contributed by atoms with Gasteiger partial charge in [0.2, 0.25) is 5.12 Å². The van der Waals surface area contributed by atoms with Crippen molar-refractivity contribution in [3.8, 4) is 0 Å². The molecule has 14 heavy (non-hydrogen) atoms. The van der Waals surface area contributed by atoms with Crippen LogP contribution in [0.3, 0.4) is 0 Å². The van der Waals surface area contributed by atoms with Crippen molar-refractivity contribution in [3.05, 3.63) is 35.9 Å². The summed E-state index contributed by atoms with van der Waals surface area (Å²) >= 11 is 1.07. The van der Waals surface area contributed by atoms with Crippen LogP contribution in [0.15, 0.2) is 30.3 Å². The van der Waals surface area contributed by atoms with Crippen LogP contribution >= 0.6 is 11.8 Å². The molecule has 0 amide bonds. The maximum atomic E-state index is 11.6. The van der Waals surface area contributed by atoms with Gasteiger partial charge < -0.3 is 0 Å². The molecule has 0 spiro atoms. The lowest BCUT2D eigenvalue weighted by Crippen LogP contribution is -2.11. The monoisotopic (exact) mass is 208 g/mol. The Bertz CT molecular complexity index is 332. The molecule has 3 heteroatoms. The zero-order chi connectivity index (χ0) is 10.6. The van der Waals surface area contributed by atoms with E-state index in [4.69, 9.17) is 0 Å². The molecule has 1 aromatic carbocycles. The third-order valence-corrected chi connectivity index (χ3v) is 3.00. The van der Waals surface area contributed by atoms with Crippen LogP contribution in [-0.2, 0) is 4.79 Å². The lowest BCUT2D eigenvalue weighted by atomic mass is 10.2. The minimum absolute atomic E-state index is 0.0271. The smallest absolute Gasteiger partial charge is 0.220 e. The van der Waals surface area contributed by atoms with Crippen LogP contribution in [-0.4, -0.2) is 16.1 Å². The molecule has 0 heterocycles. The molecule has 0 radical (unpaired) electrons. The number of rotatable bonds is 3. The second-order valence-corrected chi connectivity index (χ2v) is 4.34. The highest BCUT2D eigenvalue weighted by molar-refractivity contribution is 8.15. The van der Waals surface area contributed by atoms with Gasteiger partial charge in [0.15, 0.2) is 0 Å². The van der Waals surface area contributed by atoms with Gasteiger partial charge in [-0.25, -0.2) is 0 Å². The Balaban J connectivity index is 2.64. The standard InChI is InChI=1S/C11H12O2S/c1-8(12)9(2)14-11(13)10-6-4-3-5-7-10/h3-7,9H,1-2H3. The molecule has 0 N–H and O–H groups in total. The second kappa shape index (κ2) is 4.96. The number of hydrogen-bond acceptors (Lipinski definition) is 3. The number of Topliss-reactive ketones (excluding diaryl/α,β-unsaturated/α-hetero) is 1. The molecule has 0 saturated carbocycles. The first-order valence-electron chi connectivity index (χ1n) is 4.37.